The van der Waals surface area contributed by atoms with E-state index in [1.165, 1.54) is 0 Å². The second-order valence-electron chi connectivity index (χ2n) is 6.91. The summed E-state index contributed by atoms with van der Waals surface area (Å²) in [5.41, 5.74) is -0.589. The maximum atomic E-state index is 12.7. The first-order chi connectivity index (χ1) is 10.0. The first-order valence-electron chi connectivity index (χ1n) is 7.90. The van der Waals surface area contributed by atoms with Crippen molar-refractivity contribution >= 4 is 11.8 Å². The Morgan fingerprint density at radius 3 is 2.71 bits per heavy atom. The molecule has 118 valence electrons. The lowest BCUT2D eigenvalue weighted by atomic mass is 9.85. The van der Waals surface area contributed by atoms with Gasteiger partial charge in [-0.2, -0.15) is 0 Å². The molecule has 0 bridgehead atoms. The molecule has 0 aromatic heterocycles. The van der Waals surface area contributed by atoms with Crippen LogP contribution in [-0.2, 0) is 9.59 Å². The van der Waals surface area contributed by atoms with E-state index in [1.54, 1.807) is 0 Å². The van der Waals surface area contributed by atoms with Gasteiger partial charge in [0, 0.05) is 38.1 Å². The van der Waals surface area contributed by atoms with Gasteiger partial charge in [-0.25, -0.2) is 0 Å². The number of rotatable bonds is 2. The summed E-state index contributed by atoms with van der Waals surface area (Å²) in [4.78, 5) is 28.5. The van der Waals surface area contributed by atoms with Crippen LogP contribution in [0.3, 0.4) is 0 Å². The van der Waals surface area contributed by atoms with Crippen molar-refractivity contribution in [1.82, 2.24) is 15.1 Å². The number of carbonyl (C=O) groups is 2. The predicted octanol–water partition coefficient (Wildman–Crippen LogP) is -0.428. The summed E-state index contributed by atoms with van der Waals surface area (Å²) in [5.74, 6) is 0.221. The highest BCUT2D eigenvalue weighted by atomic mass is 16.3. The molecule has 0 radical (unpaired) electrons. The van der Waals surface area contributed by atoms with E-state index < -0.39 is 5.41 Å². The molecule has 1 spiro atoms. The van der Waals surface area contributed by atoms with Crippen molar-refractivity contribution in [2.24, 2.45) is 5.41 Å². The minimum Gasteiger partial charge on any atom is -0.395 e. The van der Waals surface area contributed by atoms with Crippen molar-refractivity contribution in [1.29, 1.82) is 0 Å². The minimum absolute atomic E-state index is 0.0365. The third-order valence-electron chi connectivity index (χ3n) is 5.63. The minimum atomic E-state index is -0.490. The fraction of sp³-hybridized carbons (Fsp3) is 0.867. The number of hydrogen-bond acceptors (Lipinski definition) is 4. The molecule has 0 aromatic carbocycles. The van der Waals surface area contributed by atoms with Crippen molar-refractivity contribution in [3.63, 3.8) is 0 Å². The molecule has 0 aromatic rings. The first kappa shape index (κ1) is 14.8. The van der Waals surface area contributed by atoms with Gasteiger partial charge in [-0.15, -0.1) is 0 Å². The Morgan fingerprint density at radius 1 is 1.29 bits per heavy atom. The Bertz CT molecular complexity index is 449. The maximum Gasteiger partial charge on any atom is 0.231 e. The van der Waals surface area contributed by atoms with E-state index in [-0.39, 0.29) is 24.0 Å². The lowest BCUT2D eigenvalue weighted by molar-refractivity contribution is -0.144. The highest BCUT2D eigenvalue weighted by Gasteiger charge is 2.53. The molecule has 2 heterocycles. The number of amides is 2. The number of piperazine rings is 1. The van der Waals surface area contributed by atoms with Gasteiger partial charge in [0.25, 0.3) is 0 Å². The monoisotopic (exact) mass is 295 g/mol. The number of likely N-dealkylation sites (N-methyl/N-ethyl adjacent to an activating group) is 1. The fourth-order valence-electron chi connectivity index (χ4n) is 3.70. The number of carbonyl (C=O) groups excluding carboxylic acids is 2. The number of aliphatic hydroxyl groups excluding tert-OH is 1. The van der Waals surface area contributed by atoms with Crippen LogP contribution in [0.5, 0.6) is 0 Å². The standard InChI is InChI=1S/C15H25N3O3/c1-17-8-9-18(13(21)14(11-19)4-5-14)10-15(17)3-2-12(20)16-7-6-15/h19H,2-11H2,1H3,(H,16,20). The van der Waals surface area contributed by atoms with Crippen molar-refractivity contribution < 1.29 is 14.7 Å². The Kier molecular flexibility index (Phi) is 3.69. The molecule has 3 rings (SSSR count). The van der Waals surface area contributed by atoms with Gasteiger partial charge >= 0.3 is 0 Å². The molecule has 6 heteroatoms. The molecule has 2 saturated heterocycles. The van der Waals surface area contributed by atoms with Gasteiger partial charge in [0.1, 0.15) is 0 Å². The molecular weight excluding hydrogens is 270 g/mol. The first-order valence-corrected chi connectivity index (χ1v) is 7.90. The highest BCUT2D eigenvalue weighted by molar-refractivity contribution is 5.85. The zero-order chi connectivity index (χ0) is 15.1. The number of nitrogens with one attached hydrogen (secondary N) is 1. The molecule has 3 fully saturated rings. The number of hydrogen-bond donors (Lipinski definition) is 2. The Balaban J connectivity index is 1.75. The van der Waals surface area contributed by atoms with E-state index in [0.717, 1.165) is 38.8 Å². The van der Waals surface area contributed by atoms with Gasteiger partial charge in [-0.3, -0.25) is 14.5 Å². The zero-order valence-electron chi connectivity index (χ0n) is 12.7. The van der Waals surface area contributed by atoms with Gasteiger partial charge in [0.05, 0.1) is 12.0 Å². The van der Waals surface area contributed by atoms with Gasteiger partial charge in [-0.05, 0) is 32.7 Å². The summed E-state index contributed by atoms with van der Waals surface area (Å²) in [5, 5.41) is 12.4. The van der Waals surface area contributed by atoms with Gasteiger partial charge in [0.2, 0.25) is 11.8 Å². The molecule has 2 aliphatic heterocycles. The van der Waals surface area contributed by atoms with Crippen LogP contribution in [0.15, 0.2) is 0 Å². The zero-order valence-corrected chi connectivity index (χ0v) is 12.7. The molecule has 21 heavy (non-hydrogen) atoms. The molecular formula is C15H25N3O3. The quantitative estimate of drug-likeness (QED) is 0.725. The summed E-state index contributed by atoms with van der Waals surface area (Å²) in [7, 11) is 2.09. The van der Waals surface area contributed by atoms with Crippen molar-refractivity contribution in [2.45, 2.75) is 37.6 Å². The van der Waals surface area contributed by atoms with Crippen LogP contribution in [0.25, 0.3) is 0 Å². The third kappa shape index (κ3) is 2.55. The summed E-state index contributed by atoms with van der Waals surface area (Å²) in [6.45, 7) is 2.88. The fourth-order valence-corrected chi connectivity index (χ4v) is 3.70. The van der Waals surface area contributed by atoms with Crippen LogP contribution in [0.1, 0.15) is 32.1 Å². The topological polar surface area (TPSA) is 72.9 Å². The van der Waals surface area contributed by atoms with Gasteiger partial charge in [0.15, 0.2) is 0 Å². The van der Waals surface area contributed by atoms with Crippen LogP contribution in [-0.4, -0.2) is 72.1 Å². The third-order valence-corrected chi connectivity index (χ3v) is 5.63. The van der Waals surface area contributed by atoms with E-state index >= 15 is 0 Å². The Morgan fingerprint density at radius 2 is 2.05 bits per heavy atom. The van der Waals surface area contributed by atoms with Crippen LogP contribution >= 0.6 is 0 Å². The normalized spacial score (nSPS) is 32.7. The average Bonchev–Trinajstić information content (AvgIpc) is 3.29. The summed E-state index contributed by atoms with van der Waals surface area (Å²) < 4.78 is 0. The van der Waals surface area contributed by atoms with E-state index in [4.69, 9.17) is 0 Å². The molecule has 1 unspecified atom stereocenters. The van der Waals surface area contributed by atoms with Crippen LogP contribution in [0, 0.1) is 5.41 Å². The van der Waals surface area contributed by atoms with E-state index in [2.05, 4.69) is 17.3 Å². The Labute approximate surface area is 125 Å². The largest absolute Gasteiger partial charge is 0.395 e. The maximum absolute atomic E-state index is 12.7. The van der Waals surface area contributed by atoms with E-state index in [9.17, 15) is 14.7 Å². The molecule has 1 aliphatic carbocycles. The molecule has 2 N–H and O–H groups in total. The van der Waals surface area contributed by atoms with Crippen LogP contribution < -0.4 is 5.32 Å². The summed E-state index contributed by atoms with van der Waals surface area (Å²) in [6.07, 6.45) is 3.82. The van der Waals surface area contributed by atoms with Gasteiger partial charge in [-0.1, -0.05) is 0 Å². The van der Waals surface area contributed by atoms with Gasteiger partial charge < -0.3 is 15.3 Å². The van der Waals surface area contributed by atoms with Crippen LogP contribution in [0.4, 0.5) is 0 Å². The molecule has 2 amide bonds. The SMILES string of the molecule is CN1CCN(C(=O)C2(CO)CC2)CC12CCNC(=O)CC2. The predicted molar refractivity (Wildman–Crippen MR) is 77.6 cm³/mol. The summed E-state index contributed by atoms with van der Waals surface area (Å²) >= 11 is 0. The average molecular weight is 295 g/mol. The second kappa shape index (κ2) is 5.25. The number of nitrogens with zero attached hydrogens (tertiary/aromatic N) is 2. The molecule has 6 nitrogen and oxygen atoms in total. The van der Waals surface area contributed by atoms with Crippen molar-refractivity contribution in [3.05, 3.63) is 0 Å². The van der Waals surface area contributed by atoms with E-state index in [1.807, 2.05) is 4.90 Å². The number of aliphatic hydroxyl groups is 1. The van der Waals surface area contributed by atoms with E-state index in [0.29, 0.717) is 19.5 Å². The van der Waals surface area contributed by atoms with Crippen LogP contribution in [0.2, 0.25) is 0 Å². The molecule has 3 aliphatic rings. The summed E-state index contributed by atoms with van der Waals surface area (Å²) in [6, 6.07) is 0. The molecule has 1 saturated carbocycles. The molecule has 1 atom stereocenters. The lowest BCUT2D eigenvalue weighted by Crippen LogP contribution is -2.63. The Hall–Kier alpha value is -1.14. The van der Waals surface area contributed by atoms with Crippen molar-refractivity contribution in [2.75, 3.05) is 39.8 Å². The smallest absolute Gasteiger partial charge is 0.231 e. The highest BCUT2D eigenvalue weighted by Crippen LogP contribution is 2.47. The second-order valence-corrected chi connectivity index (χ2v) is 6.91. The lowest BCUT2D eigenvalue weighted by Gasteiger charge is -2.49. The van der Waals surface area contributed by atoms with Crippen molar-refractivity contribution in [3.8, 4) is 0 Å².